The van der Waals surface area contributed by atoms with Crippen LogP contribution in [0.25, 0.3) is 43.9 Å². The molecule has 3 aliphatic rings. The van der Waals surface area contributed by atoms with Crippen LogP contribution in [0, 0.1) is 24.0 Å². The Kier molecular flexibility index (Phi) is 17.8. The van der Waals surface area contributed by atoms with Crippen LogP contribution in [0.3, 0.4) is 0 Å². The molecule has 9 rings (SSSR count). The smallest absolute Gasteiger partial charge is 0.246 e. The topological polar surface area (TPSA) is 209 Å². The van der Waals surface area contributed by atoms with Crippen molar-refractivity contribution in [2.75, 3.05) is 72.2 Å². The van der Waals surface area contributed by atoms with Gasteiger partial charge in [-0.1, -0.05) is 57.2 Å². The third-order valence-electron chi connectivity index (χ3n) is 14.5. The van der Waals surface area contributed by atoms with Gasteiger partial charge >= 0.3 is 0 Å². The minimum atomic E-state index is -0.967. The summed E-state index contributed by atoms with van der Waals surface area (Å²) in [6, 6.07) is 14.2. The van der Waals surface area contributed by atoms with Crippen LogP contribution in [-0.4, -0.2) is 159 Å². The zero-order chi connectivity index (χ0) is 54.2. The summed E-state index contributed by atoms with van der Waals surface area (Å²) in [5.41, 5.74) is 7.42. The maximum atomic E-state index is 15.5. The van der Waals surface area contributed by atoms with Crippen LogP contribution in [0.2, 0.25) is 0 Å². The van der Waals surface area contributed by atoms with E-state index in [1.807, 2.05) is 73.8 Å². The Balaban J connectivity index is 0.686. The van der Waals surface area contributed by atoms with E-state index in [9.17, 15) is 24.3 Å². The number of amides is 4. The van der Waals surface area contributed by atoms with Crippen molar-refractivity contribution in [2.24, 2.45) is 5.41 Å². The molecule has 1 unspecified atom stereocenters. The first-order chi connectivity index (χ1) is 37.1. The number of piperidine rings is 1. The second-order valence-corrected chi connectivity index (χ2v) is 22.0. The van der Waals surface area contributed by atoms with Crippen LogP contribution in [-0.2, 0) is 41.7 Å². The molecule has 21 heteroatoms. The normalized spacial score (nSPS) is 18.1. The summed E-state index contributed by atoms with van der Waals surface area (Å²) >= 11 is 1.57. The van der Waals surface area contributed by atoms with Crippen LogP contribution >= 0.6 is 11.3 Å². The number of aliphatic hydroxyl groups excluding tert-OH is 1. The van der Waals surface area contributed by atoms with Gasteiger partial charge in [-0.05, 0) is 60.1 Å². The van der Waals surface area contributed by atoms with Crippen LogP contribution in [0.1, 0.15) is 69.3 Å². The van der Waals surface area contributed by atoms with Gasteiger partial charge in [-0.25, -0.2) is 18.7 Å². The Bertz CT molecular complexity index is 3020. The van der Waals surface area contributed by atoms with Crippen LogP contribution < -0.4 is 16.0 Å². The first-order valence-electron chi connectivity index (χ1n) is 26.3. The third kappa shape index (κ3) is 13.7. The lowest BCUT2D eigenvalue weighted by Gasteiger charge is -2.35. The zero-order valence-corrected chi connectivity index (χ0v) is 44.8. The number of thiazole rings is 1. The average molecular weight is 1080 g/mol. The molecular weight excluding hydrogens is 1010 g/mol. The molecule has 3 saturated heterocycles. The van der Waals surface area contributed by atoms with Gasteiger partial charge < -0.3 is 35.4 Å². The van der Waals surface area contributed by atoms with E-state index in [1.54, 1.807) is 41.4 Å². The van der Waals surface area contributed by atoms with E-state index in [1.165, 1.54) is 17.0 Å². The quantitative estimate of drug-likeness (QED) is 0.0722. The van der Waals surface area contributed by atoms with E-state index in [4.69, 9.17) is 14.5 Å². The fraction of sp³-hybridized carbons (Fsp3) is 0.464. The largest absolute Gasteiger partial charge is 0.391 e. The number of rotatable bonds is 19. The van der Waals surface area contributed by atoms with Gasteiger partial charge in [0.05, 0.1) is 90.3 Å². The second-order valence-electron chi connectivity index (χ2n) is 21.1. The fourth-order valence-electron chi connectivity index (χ4n) is 10.1. The summed E-state index contributed by atoms with van der Waals surface area (Å²) in [5.74, 6) is -2.59. The van der Waals surface area contributed by atoms with Crippen molar-refractivity contribution in [3.63, 3.8) is 0 Å². The number of nitrogens with zero attached hydrogens (tertiary/aromatic N) is 8. The summed E-state index contributed by atoms with van der Waals surface area (Å²) in [4.78, 5) is 74.0. The summed E-state index contributed by atoms with van der Waals surface area (Å²) < 4.78 is 43.9. The summed E-state index contributed by atoms with van der Waals surface area (Å²) in [5, 5.41) is 23.9. The molecule has 3 aromatic heterocycles. The third-order valence-corrected chi connectivity index (χ3v) is 15.4. The van der Waals surface area contributed by atoms with Gasteiger partial charge in [0, 0.05) is 88.1 Å². The molecule has 408 valence electrons. The molecule has 18 nitrogen and oxygen atoms in total. The highest BCUT2D eigenvalue weighted by atomic mass is 32.1. The van der Waals surface area contributed by atoms with E-state index in [0.29, 0.717) is 67.2 Å². The number of halogens is 2. The molecule has 3 aliphatic heterocycles. The van der Waals surface area contributed by atoms with Crippen molar-refractivity contribution in [3.05, 3.63) is 107 Å². The molecule has 4 N–H and O–H groups in total. The number of likely N-dealkylation sites (tertiary alicyclic amines) is 2. The minimum Gasteiger partial charge on any atom is -0.391 e. The lowest BCUT2D eigenvalue weighted by molar-refractivity contribution is -0.144. The lowest BCUT2D eigenvalue weighted by Crippen LogP contribution is -2.57. The summed E-state index contributed by atoms with van der Waals surface area (Å²) in [6.07, 6.45) is 6.06. The Morgan fingerprint density at radius 1 is 0.896 bits per heavy atom. The number of morpholine rings is 1. The molecule has 0 aliphatic carbocycles. The van der Waals surface area contributed by atoms with Crippen molar-refractivity contribution >= 4 is 46.0 Å². The zero-order valence-electron chi connectivity index (χ0n) is 44.0. The molecule has 3 fully saturated rings. The van der Waals surface area contributed by atoms with Crippen LogP contribution in [0.5, 0.6) is 0 Å². The first-order valence-corrected chi connectivity index (χ1v) is 27.2. The van der Waals surface area contributed by atoms with Gasteiger partial charge in [-0.2, -0.15) is 5.10 Å². The van der Waals surface area contributed by atoms with Gasteiger partial charge in [-0.15, -0.1) is 11.3 Å². The molecule has 0 saturated carbocycles. The molecule has 0 bridgehead atoms. The Morgan fingerprint density at radius 2 is 1.65 bits per heavy atom. The number of β-amino-alcohol motifs (C(OH)–C–C–N with tert-alkyl or cyclic N) is 1. The Labute approximate surface area is 450 Å². The van der Waals surface area contributed by atoms with Gasteiger partial charge in [0.1, 0.15) is 23.7 Å². The second kappa shape index (κ2) is 24.8. The molecule has 3 aromatic carbocycles. The number of aryl methyl sites for hydroxylation is 1. The molecule has 4 amide bonds. The van der Waals surface area contributed by atoms with E-state index in [2.05, 4.69) is 35.9 Å². The van der Waals surface area contributed by atoms with Gasteiger partial charge in [0.2, 0.25) is 23.6 Å². The predicted octanol–water partition coefficient (Wildman–Crippen LogP) is 5.67. The first kappa shape index (κ1) is 55.1. The van der Waals surface area contributed by atoms with E-state index >= 15 is 8.78 Å². The van der Waals surface area contributed by atoms with Gasteiger partial charge in [0.15, 0.2) is 0 Å². The number of para-hydroxylation sites is 1. The lowest BCUT2D eigenvalue weighted by atomic mass is 9.85. The molecule has 6 aromatic rings. The summed E-state index contributed by atoms with van der Waals surface area (Å²) in [7, 11) is 0. The van der Waals surface area contributed by atoms with Crippen molar-refractivity contribution in [2.45, 2.75) is 90.7 Å². The summed E-state index contributed by atoms with van der Waals surface area (Å²) in [6.45, 7) is 12.2. The highest BCUT2D eigenvalue weighted by Gasteiger charge is 2.44. The molecule has 0 spiro atoms. The Morgan fingerprint density at radius 3 is 2.36 bits per heavy atom. The number of carbonyl (C=O) groups is 4. The van der Waals surface area contributed by atoms with Crippen molar-refractivity contribution < 1.29 is 42.5 Å². The fourth-order valence-corrected chi connectivity index (χ4v) is 10.9. The van der Waals surface area contributed by atoms with Crippen LogP contribution in [0.4, 0.5) is 8.78 Å². The van der Waals surface area contributed by atoms with Crippen LogP contribution in [0.15, 0.2) is 78.7 Å². The highest BCUT2D eigenvalue weighted by Crippen LogP contribution is 2.33. The highest BCUT2D eigenvalue weighted by molar-refractivity contribution is 7.13. The molecule has 0 radical (unpaired) electrons. The van der Waals surface area contributed by atoms with Crippen molar-refractivity contribution in [1.82, 2.24) is 55.4 Å². The monoisotopic (exact) mass is 1080 g/mol. The minimum absolute atomic E-state index is 0.0267. The predicted molar refractivity (Wildman–Crippen MR) is 287 cm³/mol. The molecular formula is C56H67F2N11O7S. The average Bonchev–Trinajstić information content (AvgIpc) is 4.22. The molecule has 3 atom stereocenters. The van der Waals surface area contributed by atoms with E-state index in [-0.39, 0.29) is 82.2 Å². The number of aliphatic hydroxyl groups is 1. The number of ether oxygens (including phenoxy) is 2. The standard InChI is InChI=1S/C56H67F2N11O7S/c1-35-52(77-34-62-35)37-10-8-36(9-11-37)27-61-54(73)48-26-41(70)31-68(48)55(74)53(56(2,3)4)65-49(71)14-20-75-21-15-59-50(72)33-66-16-12-40(13-17-66)69-30-39(28-63-69)47-29-60-46-7-5-6-42(51(46)64-47)38-24-44(57)43(45(58)25-38)32-67-18-22-76-23-19-67/h5-11,24-25,28-30,34,40-41,48,53,70H,12-23,26-27,31-33H2,1-4H3,(H,59,72)(H,61,73)(H,65,71)/t41-,48+,53?/m1/s1. The number of hydrogen-bond donors (Lipinski definition) is 4. The van der Waals surface area contributed by atoms with Crippen molar-refractivity contribution in [3.8, 4) is 32.8 Å². The maximum absolute atomic E-state index is 15.5. The number of carbonyl (C=O) groups excluding carboxylic acids is 4. The number of benzene rings is 3. The number of fused-ring (bicyclic) bond motifs is 1. The SMILES string of the molecule is Cc1ncsc1-c1ccc(CNC(=O)[C@@H]2C[C@@H](O)CN2C(=O)C(NC(=O)CCOCCNC(=O)CN2CCC(n3cc(-c4cnc5cccc(-c6cc(F)c(CN7CCOCC7)c(F)c6)c5n4)cn3)CC2)C(C)(C)C)cc1. The maximum Gasteiger partial charge on any atom is 0.246 e. The number of aromatic nitrogens is 5. The van der Waals surface area contributed by atoms with E-state index in [0.717, 1.165) is 40.1 Å². The molecule has 77 heavy (non-hydrogen) atoms. The Hall–Kier alpha value is -6.62. The molecule has 6 heterocycles. The van der Waals surface area contributed by atoms with Gasteiger partial charge in [0.25, 0.3) is 0 Å². The number of hydrogen-bond acceptors (Lipinski definition) is 14. The van der Waals surface area contributed by atoms with Gasteiger partial charge in [-0.3, -0.25) is 38.6 Å². The van der Waals surface area contributed by atoms with E-state index < -0.39 is 47.1 Å². The van der Waals surface area contributed by atoms with Crippen molar-refractivity contribution in [1.29, 1.82) is 0 Å². The number of nitrogens with one attached hydrogen (secondary N) is 3.